The highest BCUT2D eigenvalue weighted by Gasteiger charge is 2.27. The van der Waals surface area contributed by atoms with E-state index in [0.717, 1.165) is 35.3 Å². The molecule has 0 N–H and O–H groups in total. The Kier molecular flexibility index (Phi) is 6.08. The van der Waals surface area contributed by atoms with Crippen molar-refractivity contribution in [1.29, 1.82) is 0 Å². The quantitative estimate of drug-likeness (QED) is 0.331. The average Bonchev–Trinajstić information content (AvgIpc) is 2.98. The number of carbonyl (C=O) groups excluding carboxylic acids is 2. The molecule has 1 amide bonds. The molecule has 0 saturated heterocycles. The zero-order valence-corrected chi connectivity index (χ0v) is 18.4. The highest BCUT2D eigenvalue weighted by Crippen LogP contribution is 2.36. The van der Waals surface area contributed by atoms with Gasteiger partial charge in [-0.05, 0) is 42.2 Å². The molecule has 0 aliphatic carbocycles. The molecule has 0 saturated carbocycles. The van der Waals surface area contributed by atoms with Crippen molar-refractivity contribution in [3.8, 4) is 0 Å². The van der Waals surface area contributed by atoms with E-state index in [1.807, 2.05) is 48.5 Å². The minimum Gasteiger partial charge on any atom is -0.452 e. The molecule has 0 spiro atoms. The van der Waals surface area contributed by atoms with Crippen LogP contribution in [0.15, 0.2) is 66.7 Å². The summed E-state index contributed by atoms with van der Waals surface area (Å²) in [5, 5.41) is 11.2. The monoisotopic (exact) mass is 445 g/mol. The van der Waals surface area contributed by atoms with Gasteiger partial charge in [0.2, 0.25) is 0 Å². The third-order valence-electron chi connectivity index (χ3n) is 5.60. The molecule has 0 fully saturated rings. The third-order valence-corrected chi connectivity index (χ3v) is 5.60. The molecule has 1 aliphatic heterocycles. The van der Waals surface area contributed by atoms with Gasteiger partial charge >= 0.3 is 5.97 Å². The van der Waals surface area contributed by atoms with E-state index >= 15 is 0 Å². The van der Waals surface area contributed by atoms with Crippen LogP contribution >= 0.6 is 0 Å². The predicted molar refractivity (Wildman–Crippen MR) is 125 cm³/mol. The highest BCUT2D eigenvalue weighted by molar-refractivity contribution is 6.04. The van der Waals surface area contributed by atoms with Crippen LogP contribution in [-0.2, 0) is 22.4 Å². The lowest BCUT2D eigenvalue weighted by atomic mass is 10.0. The van der Waals surface area contributed by atoms with Gasteiger partial charge in [-0.3, -0.25) is 19.8 Å². The van der Waals surface area contributed by atoms with Crippen LogP contribution < -0.4 is 9.80 Å². The largest absolute Gasteiger partial charge is 0.452 e. The van der Waals surface area contributed by atoms with Crippen LogP contribution in [0.3, 0.4) is 0 Å². The van der Waals surface area contributed by atoms with Crippen molar-refractivity contribution in [3.63, 3.8) is 0 Å². The fourth-order valence-electron chi connectivity index (χ4n) is 4.01. The van der Waals surface area contributed by atoms with E-state index in [9.17, 15) is 19.7 Å². The lowest BCUT2D eigenvalue weighted by Crippen LogP contribution is -2.31. The molecule has 8 heteroatoms. The van der Waals surface area contributed by atoms with Crippen molar-refractivity contribution in [3.05, 3.63) is 93.5 Å². The summed E-state index contributed by atoms with van der Waals surface area (Å²) in [5.74, 6) is -1.20. The Labute approximate surface area is 191 Å². The number of benzene rings is 3. The Hall–Kier alpha value is -4.20. The minimum atomic E-state index is -0.799. The molecule has 168 valence electrons. The number of ether oxygens (including phenoxy) is 1. The number of hydrogen-bond donors (Lipinski definition) is 0. The van der Waals surface area contributed by atoms with Crippen molar-refractivity contribution >= 4 is 34.6 Å². The summed E-state index contributed by atoms with van der Waals surface area (Å²) >= 11 is 0. The van der Waals surface area contributed by atoms with E-state index in [2.05, 4.69) is 0 Å². The summed E-state index contributed by atoms with van der Waals surface area (Å²) in [6.45, 7) is -0.503. The average molecular weight is 445 g/mol. The van der Waals surface area contributed by atoms with Crippen molar-refractivity contribution in [2.75, 3.05) is 30.5 Å². The standard InChI is InChI=1S/C25H23N3O5/c1-26(2)23-14-13-19(28(31)32)15-20(23)25(30)33-16-24(29)27-21-9-5-3-7-17(21)11-12-18-8-4-6-10-22(18)27/h3-10,13-15H,11-12,16H2,1-2H3. The molecule has 3 aromatic rings. The van der Waals surface area contributed by atoms with E-state index in [4.69, 9.17) is 4.74 Å². The maximum atomic E-state index is 13.3. The van der Waals surface area contributed by atoms with E-state index < -0.39 is 23.4 Å². The zero-order chi connectivity index (χ0) is 23.5. The van der Waals surface area contributed by atoms with Gasteiger partial charge in [-0.15, -0.1) is 0 Å². The number of para-hydroxylation sites is 2. The minimum absolute atomic E-state index is 0.0265. The molecule has 1 heterocycles. The molecule has 0 bridgehead atoms. The summed E-state index contributed by atoms with van der Waals surface area (Å²) in [6.07, 6.45) is 1.58. The Bertz CT molecular complexity index is 1190. The summed E-state index contributed by atoms with van der Waals surface area (Å²) in [6, 6.07) is 19.3. The summed E-state index contributed by atoms with van der Waals surface area (Å²) < 4.78 is 5.36. The first-order valence-electron chi connectivity index (χ1n) is 10.5. The molecule has 0 unspecified atom stereocenters. The van der Waals surface area contributed by atoms with Gasteiger partial charge in [0.15, 0.2) is 6.61 Å². The molecule has 33 heavy (non-hydrogen) atoms. The van der Waals surface area contributed by atoms with Gasteiger partial charge in [0.25, 0.3) is 11.6 Å². The smallest absolute Gasteiger partial charge is 0.341 e. The Morgan fingerprint density at radius 1 is 0.970 bits per heavy atom. The van der Waals surface area contributed by atoms with Crippen molar-refractivity contribution in [2.24, 2.45) is 0 Å². The van der Waals surface area contributed by atoms with Gasteiger partial charge in [0.1, 0.15) is 0 Å². The van der Waals surface area contributed by atoms with E-state index in [-0.39, 0.29) is 11.3 Å². The molecule has 0 aromatic heterocycles. The Morgan fingerprint density at radius 2 is 1.55 bits per heavy atom. The highest BCUT2D eigenvalue weighted by atomic mass is 16.6. The van der Waals surface area contributed by atoms with Gasteiger partial charge in [-0.25, -0.2) is 4.79 Å². The van der Waals surface area contributed by atoms with Crippen molar-refractivity contribution in [1.82, 2.24) is 0 Å². The van der Waals surface area contributed by atoms with Gasteiger partial charge in [-0.2, -0.15) is 0 Å². The maximum Gasteiger partial charge on any atom is 0.341 e. The molecule has 0 atom stereocenters. The number of fused-ring (bicyclic) bond motifs is 2. The Morgan fingerprint density at radius 3 is 2.09 bits per heavy atom. The third kappa shape index (κ3) is 4.41. The van der Waals surface area contributed by atoms with E-state index in [1.54, 1.807) is 23.9 Å². The van der Waals surface area contributed by atoms with Crippen molar-refractivity contribution in [2.45, 2.75) is 12.8 Å². The van der Waals surface area contributed by atoms with E-state index in [1.165, 1.54) is 18.2 Å². The lowest BCUT2D eigenvalue weighted by molar-refractivity contribution is -0.384. The number of esters is 1. The van der Waals surface area contributed by atoms with Crippen LogP contribution in [0.25, 0.3) is 0 Å². The van der Waals surface area contributed by atoms with Crippen LogP contribution in [0.4, 0.5) is 22.7 Å². The number of non-ortho nitro benzene ring substituents is 1. The molecule has 8 nitrogen and oxygen atoms in total. The second-order valence-electron chi connectivity index (χ2n) is 7.92. The molecule has 0 radical (unpaired) electrons. The Balaban J connectivity index is 1.62. The lowest BCUT2D eigenvalue weighted by Gasteiger charge is -2.25. The second kappa shape index (κ2) is 9.12. The number of carbonyl (C=O) groups is 2. The number of nitro benzene ring substituents is 1. The number of hydrogen-bond acceptors (Lipinski definition) is 6. The SMILES string of the molecule is CN(C)c1ccc([N+](=O)[O-])cc1C(=O)OCC(=O)N1c2ccccc2CCc2ccccc21. The van der Waals surface area contributed by atoms with E-state index in [0.29, 0.717) is 5.69 Å². The van der Waals surface area contributed by atoms with Crippen LogP contribution in [0.5, 0.6) is 0 Å². The molecule has 1 aliphatic rings. The first kappa shape index (κ1) is 22.0. The molecule has 3 aromatic carbocycles. The first-order chi connectivity index (χ1) is 15.9. The summed E-state index contributed by atoms with van der Waals surface area (Å²) in [7, 11) is 3.43. The topological polar surface area (TPSA) is 93.0 Å². The number of anilines is 3. The summed E-state index contributed by atoms with van der Waals surface area (Å²) in [4.78, 5) is 40.0. The fraction of sp³-hybridized carbons (Fsp3) is 0.200. The summed E-state index contributed by atoms with van der Waals surface area (Å²) in [5.41, 5.74) is 3.83. The normalized spacial score (nSPS) is 12.2. The molecule has 4 rings (SSSR count). The van der Waals surface area contributed by atoms with Crippen LogP contribution in [0.2, 0.25) is 0 Å². The molecular formula is C25H23N3O5. The number of rotatable bonds is 5. The second-order valence-corrected chi connectivity index (χ2v) is 7.92. The molecular weight excluding hydrogens is 422 g/mol. The first-order valence-corrected chi connectivity index (χ1v) is 10.5. The number of amides is 1. The predicted octanol–water partition coefficient (Wildman–Crippen LogP) is 4.28. The number of nitrogens with zero attached hydrogens (tertiary/aromatic N) is 3. The van der Waals surface area contributed by atoms with Gasteiger partial charge in [0.05, 0.1) is 27.5 Å². The van der Waals surface area contributed by atoms with Crippen molar-refractivity contribution < 1.29 is 19.2 Å². The van der Waals surface area contributed by atoms with Crippen LogP contribution in [0, 0.1) is 10.1 Å². The van der Waals surface area contributed by atoms with Crippen LogP contribution in [-0.4, -0.2) is 37.5 Å². The van der Waals surface area contributed by atoms with Gasteiger partial charge < -0.3 is 9.64 Å². The fourth-order valence-corrected chi connectivity index (χ4v) is 4.01. The van der Waals surface area contributed by atoms with Gasteiger partial charge in [-0.1, -0.05) is 36.4 Å². The zero-order valence-electron chi connectivity index (χ0n) is 18.4. The maximum absolute atomic E-state index is 13.3. The van der Waals surface area contributed by atoms with Gasteiger partial charge in [0, 0.05) is 26.2 Å². The van der Waals surface area contributed by atoms with Crippen LogP contribution in [0.1, 0.15) is 21.5 Å². The number of nitro groups is 1. The number of aryl methyl sites for hydroxylation is 2.